The van der Waals surface area contributed by atoms with Gasteiger partial charge in [0.05, 0.1) is 11.2 Å². The van der Waals surface area contributed by atoms with Gasteiger partial charge in [-0.05, 0) is 5.56 Å². The zero-order valence-corrected chi connectivity index (χ0v) is 11.0. The number of hydrogen-bond donors (Lipinski definition) is 1. The zero-order chi connectivity index (χ0) is 13.5. The van der Waals surface area contributed by atoms with E-state index >= 15 is 0 Å². The van der Waals surface area contributed by atoms with Crippen molar-refractivity contribution >= 4 is 27.6 Å². The molecule has 0 radical (unpaired) electrons. The van der Waals surface area contributed by atoms with Crippen LogP contribution in [0.1, 0.15) is 11.5 Å². The van der Waals surface area contributed by atoms with Gasteiger partial charge in [-0.2, -0.15) is 8.78 Å². The number of nitrogens with one attached hydrogen (secondary N) is 1. The van der Waals surface area contributed by atoms with Crippen molar-refractivity contribution in [3.63, 3.8) is 0 Å². The number of carbonyl (C=O) groups excluding carboxylic acids is 2. The minimum atomic E-state index is -3.07. The Labute approximate surface area is 112 Å². The fourth-order valence-corrected chi connectivity index (χ4v) is 1.87. The molecule has 6 heteroatoms. The number of benzene rings is 1. The van der Waals surface area contributed by atoms with Crippen molar-refractivity contribution in [2.24, 2.45) is 0 Å². The molecular weight excluding hydrogens is 308 g/mol. The first-order valence-corrected chi connectivity index (χ1v) is 6.38. The third-order valence-corrected chi connectivity index (χ3v) is 2.95. The molecule has 1 atom stereocenters. The van der Waals surface area contributed by atoms with Crippen molar-refractivity contribution in [2.75, 3.05) is 11.9 Å². The molecule has 0 aliphatic carbocycles. The number of ketones is 1. The van der Waals surface area contributed by atoms with Crippen molar-refractivity contribution in [3.05, 3.63) is 35.9 Å². The summed E-state index contributed by atoms with van der Waals surface area (Å²) >= 11 is 3.04. The maximum atomic E-state index is 12.1. The molecule has 0 aliphatic rings. The Bertz CT molecular complexity index is 412. The van der Waals surface area contributed by atoms with Gasteiger partial charge in [-0.15, -0.1) is 0 Å². The summed E-state index contributed by atoms with van der Waals surface area (Å²) in [4.78, 5) is 22.5. The molecule has 0 spiro atoms. The van der Waals surface area contributed by atoms with Crippen LogP contribution in [-0.4, -0.2) is 30.0 Å². The molecule has 0 fully saturated rings. The molecule has 1 rings (SSSR count). The van der Waals surface area contributed by atoms with Gasteiger partial charge in [-0.25, -0.2) is 0 Å². The molecule has 1 aromatic rings. The standard InChI is InChI=1S/C12H12BrF2NO2/c13-6-10(17)9(7-16-12(18)11(14)15)8-4-2-1-3-5-8/h1-5,9,11H,6-7H2,(H,16,18). The summed E-state index contributed by atoms with van der Waals surface area (Å²) < 4.78 is 24.1. The lowest BCUT2D eigenvalue weighted by molar-refractivity contribution is -0.131. The van der Waals surface area contributed by atoms with Crippen LogP contribution in [0.15, 0.2) is 30.3 Å². The molecule has 0 heterocycles. The summed E-state index contributed by atoms with van der Waals surface area (Å²) in [6.07, 6.45) is -3.07. The van der Waals surface area contributed by atoms with Gasteiger partial charge >= 0.3 is 6.43 Å². The molecule has 0 aliphatic heterocycles. The van der Waals surface area contributed by atoms with E-state index in [1.165, 1.54) is 0 Å². The summed E-state index contributed by atoms with van der Waals surface area (Å²) in [6.45, 7) is -0.127. The van der Waals surface area contributed by atoms with E-state index in [0.717, 1.165) is 0 Å². The van der Waals surface area contributed by atoms with Crippen LogP contribution < -0.4 is 5.32 Å². The van der Waals surface area contributed by atoms with Crippen LogP contribution in [0.2, 0.25) is 0 Å². The molecule has 98 valence electrons. The molecule has 1 unspecified atom stereocenters. The molecule has 0 saturated carbocycles. The smallest absolute Gasteiger partial charge is 0.315 e. The van der Waals surface area contributed by atoms with Gasteiger partial charge in [-0.1, -0.05) is 46.3 Å². The minimum Gasteiger partial charge on any atom is -0.350 e. The Kier molecular flexibility index (Phi) is 5.91. The minimum absolute atomic E-state index is 0.108. The number of amides is 1. The Balaban J connectivity index is 2.75. The van der Waals surface area contributed by atoms with Gasteiger partial charge in [0.25, 0.3) is 5.91 Å². The van der Waals surface area contributed by atoms with Crippen LogP contribution in [-0.2, 0) is 9.59 Å². The van der Waals surface area contributed by atoms with Crippen LogP contribution in [0.5, 0.6) is 0 Å². The highest BCUT2D eigenvalue weighted by Crippen LogP contribution is 2.17. The molecule has 18 heavy (non-hydrogen) atoms. The van der Waals surface area contributed by atoms with Crippen LogP contribution >= 0.6 is 15.9 Å². The molecule has 1 N–H and O–H groups in total. The highest BCUT2D eigenvalue weighted by Gasteiger charge is 2.22. The predicted octanol–water partition coefficient (Wildman–Crippen LogP) is 2.12. The van der Waals surface area contributed by atoms with E-state index in [1.54, 1.807) is 30.3 Å². The second kappa shape index (κ2) is 7.20. The largest absolute Gasteiger partial charge is 0.350 e. The first kappa shape index (κ1) is 14.8. The van der Waals surface area contributed by atoms with Crippen LogP contribution in [0.4, 0.5) is 8.78 Å². The topological polar surface area (TPSA) is 46.2 Å². The third kappa shape index (κ3) is 4.18. The molecule has 0 saturated heterocycles. The van der Waals surface area contributed by atoms with Crippen molar-refractivity contribution in [1.82, 2.24) is 5.32 Å². The second-order valence-electron chi connectivity index (χ2n) is 3.61. The fourth-order valence-electron chi connectivity index (χ4n) is 1.48. The lowest BCUT2D eigenvalue weighted by Crippen LogP contribution is -2.35. The number of halogens is 3. The summed E-state index contributed by atoms with van der Waals surface area (Å²) in [5.41, 5.74) is 0.691. The lowest BCUT2D eigenvalue weighted by Gasteiger charge is -2.15. The summed E-state index contributed by atoms with van der Waals surface area (Å²) in [6, 6.07) is 8.73. The van der Waals surface area contributed by atoms with E-state index < -0.39 is 18.3 Å². The van der Waals surface area contributed by atoms with Crippen molar-refractivity contribution < 1.29 is 18.4 Å². The number of Topliss-reactive ketones (excluding diaryl/α,β-unsaturated/α-hetero) is 1. The Hall–Kier alpha value is -1.30. The first-order chi connectivity index (χ1) is 8.56. The molecule has 0 aromatic heterocycles. The van der Waals surface area contributed by atoms with E-state index in [9.17, 15) is 18.4 Å². The Morgan fingerprint density at radius 1 is 1.22 bits per heavy atom. The highest BCUT2D eigenvalue weighted by atomic mass is 79.9. The van der Waals surface area contributed by atoms with Crippen molar-refractivity contribution in [3.8, 4) is 0 Å². The average Bonchev–Trinajstić information content (AvgIpc) is 2.39. The first-order valence-electron chi connectivity index (χ1n) is 5.25. The van der Waals surface area contributed by atoms with Gasteiger partial charge in [0.1, 0.15) is 0 Å². The van der Waals surface area contributed by atoms with Gasteiger partial charge in [0.2, 0.25) is 0 Å². The lowest BCUT2D eigenvalue weighted by atomic mass is 9.95. The Morgan fingerprint density at radius 2 is 1.83 bits per heavy atom. The third-order valence-electron chi connectivity index (χ3n) is 2.40. The van der Waals surface area contributed by atoms with E-state index in [2.05, 4.69) is 21.2 Å². The summed E-state index contributed by atoms with van der Waals surface area (Å²) in [7, 11) is 0. The van der Waals surface area contributed by atoms with Crippen LogP contribution in [0.25, 0.3) is 0 Å². The van der Waals surface area contributed by atoms with Gasteiger partial charge in [0.15, 0.2) is 5.78 Å². The van der Waals surface area contributed by atoms with Gasteiger partial charge < -0.3 is 5.32 Å². The maximum Gasteiger partial charge on any atom is 0.315 e. The van der Waals surface area contributed by atoms with E-state index in [1.807, 2.05) is 0 Å². The zero-order valence-electron chi connectivity index (χ0n) is 9.41. The predicted molar refractivity (Wildman–Crippen MR) is 67.0 cm³/mol. The summed E-state index contributed by atoms with van der Waals surface area (Å²) in [5.74, 6) is -2.15. The van der Waals surface area contributed by atoms with E-state index in [-0.39, 0.29) is 17.7 Å². The Morgan fingerprint density at radius 3 is 2.33 bits per heavy atom. The summed E-state index contributed by atoms with van der Waals surface area (Å²) in [5, 5.41) is 2.17. The highest BCUT2D eigenvalue weighted by molar-refractivity contribution is 9.09. The molecular formula is C12H12BrF2NO2. The fraction of sp³-hybridized carbons (Fsp3) is 0.333. The number of rotatable bonds is 6. The van der Waals surface area contributed by atoms with Crippen LogP contribution in [0.3, 0.4) is 0 Å². The maximum absolute atomic E-state index is 12.1. The average molecular weight is 320 g/mol. The number of alkyl halides is 3. The molecule has 1 amide bonds. The van der Waals surface area contributed by atoms with Gasteiger partial charge in [0, 0.05) is 6.54 Å². The van der Waals surface area contributed by atoms with Crippen LogP contribution in [0, 0.1) is 0 Å². The van der Waals surface area contributed by atoms with E-state index in [4.69, 9.17) is 0 Å². The number of carbonyl (C=O) groups is 2. The molecule has 3 nitrogen and oxygen atoms in total. The normalized spacial score (nSPS) is 12.2. The molecule has 1 aromatic carbocycles. The quantitative estimate of drug-likeness (QED) is 0.816. The second-order valence-corrected chi connectivity index (χ2v) is 4.17. The van der Waals surface area contributed by atoms with Gasteiger partial charge in [-0.3, -0.25) is 9.59 Å². The van der Waals surface area contributed by atoms with Crippen molar-refractivity contribution in [1.29, 1.82) is 0 Å². The number of hydrogen-bond acceptors (Lipinski definition) is 2. The monoisotopic (exact) mass is 319 g/mol. The van der Waals surface area contributed by atoms with E-state index in [0.29, 0.717) is 5.56 Å². The SMILES string of the molecule is O=C(NCC(C(=O)CBr)c1ccccc1)C(F)F. The molecule has 0 bridgehead atoms. The van der Waals surface area contributed by atoms with Crippen molar-refractivity contribution in [2.45, 2.75) is 12.3 Å².